The van der Waals surface area contributed by atoms with Gasteiger partial charge in [-0.05, 0) is 59.5 Å². The van der Waals surface area contributed by atoms with E-state index in [4.69, 9.17) is 5.11 Å². The highest BCUT2D eigenvalue weighted by Crippen LogP contribution is 2.33. The van der Waals surface area contributed by atoms with Crippen LogP contribution >= 0.6 is 0 Å². The molecule has 0 saturated carbocycles. The molecule has 1 aliphatic heterocycles. The van der Waals surface area contributed by atoms with E-state index in [1.165, 1.54) is 18.2 Å². The smallest absolute Gasteiger partial charge is 0.416 e. The lowest BCUT2D eigenvalue weighted by Crippen LogP contribution is -2.37. The zero-order valence-corrected chi connectivity index (χ0v) is 19.1. The molecule has 1 aliphatic rings. The van der Waals surface area contributed by atoms with Gasteiger partial charge in [-0.15, -0.1) is 0 Å². The van der Waals surface area contributed by atoms with Crippen molar-refractivity contribution in [1.29, 1.82) is 0 Å². The molecule has 1 N–H and O–H groups in total. The molecule has 0 atom stereocenters. The molecular formula is C27H22F3N3O3. The summed E-state index contributed by atoms with van der Waals surface area (Å²) in [6.45, 7) is 1.03. The van der Waals surface area contributed by atoms with Crippen molar-refractivity contribution < 1.29 is 27.9 Å². The second-order valence-corrected chi connectivity index (χ2v) is 8.83. The summed E-state index contributed by atoms with van der Waals surface area (Å²) in [6, 6.07) is 15.2. The van der Waals surface area contributed by atoms with Crippen molar-refractivity contribution in [1.82, 2.24) is 14.5 Å². The molecule has 0 radical (unpaired) electrons. The van der Waals surface area contributed by atoms with Gasteiger partial charge in [0, 0.05) is 30.4 Å². The maximum atomic E-state index is 13.3. The van der Waals surface area contributed by atoms with Crippen molar-refractivity contribution in [3.63, 3.8) is 0 Å². The van der Waals surface area contributed by atoms with E-state index < -0.39 is 17.7 Å². The highest BCUT2D eigenvalue weighted by molar-refractivity contribution is 5.88. The van der Waals surface area contributed by atoms with Crippen molar-refractivity contribution >= 4 is 22.9 Å². The fourth-order valence-electron chi connectivity index (χ4n) is 4.72. The number of aromatic nitrogens is 2. The molecule has 2 aromatic heterocycles. The van der Waals surface area contributed by atoms with E-state index in [1.54, 1.807) is 29.3 Å². The third kappa shape index (κ3) is 4.56. The summed E-state index contributed by atoms with van der Waals surface area (Å²) in [5, 5.41) is 10.0. The molecule has 3 heterocycles. The van der Waals surface area contributed by atoms with Gasteiger partial charge in [0.25, 0.3) is 0 Å². The lowest BCUT2D eigenvalue weighted by Gasteiger charge is -2.29. The highest BCUT2D eigenvalue weighted by Gasteiger charge is 2.31. The van der Waals surface area contributed by atoms with Crippen LogP contribution in [0.15, 0.2) is 66.9 Å². The number of carboxylic acid groups (broad SMARTS) is 1. The first-order valence-electron chi connectivity index (χ1n) is 11.4. The number of rotatable bonds is 5. The van der Waals surface area contributed by atoms with E-state index in [9.17, 15) is 22.8 Å². The van der Waals surface area contributed by atoms with Crippen LogP contribution in [-0.2, 0) is 36.9 Å². The van der Waals surface area contributed by atoms with Crippen molar-refractivity contribution in [2.24, 2.45) is 0 Å². The van der Waals surface area contributed by atoms with Gasteiger partial charge >= 0.3 is 12.1 Å². The first-order chi connectivity index (χ1) is 17.2. The minimum absolute atomic E-state index is 0.104. The van der Waals surface area contributed by atoms with E-state index >= 15 is 0 Å². The summed E-state index contributed by atoms with van der Waals surface area (Å²) in [5.41, 5.74) is 3.25. The first kappa shape index (κ1) is 23.6. The Morgan fingerprint density at radius 3 is 2.50 bits per heavy atom. The molecular weight excluding hydrogens is 471 g/mol. The second kappa shape index (κ2) is 9.14. The standard InChI is InChI=1S/C27H22F3N3O3/c28-27(29,30)20-4-1-3-18(13-20)15-33-23-16-32(12-10-21(23)22-5-2-11-31-25(22)33)24(34)14-17-6-8-19(9-7-17)26(35)36/h1-9,11,13H,10,12,14-16H2,(H,35,36). The number of alkyl halides is 3. The molecule has 36 heavy (non-hydrogen) atoms. The zero-order chi connectivity index (χ0) is 25.4. The Balaban J connectivity index is 1.43. The number of halogens is 3. The Labute approximate surface area is 204 Å². The number of carbonyl (C=O) groups is 2. The van der Waals surface area contributed by atoms with E-state index in [-0.39, 0.29) is 24.4 Å². The van der Waals surface area contributed by atoms with Gasteiger partial charge in [-0.2, -0.15) is 13.2 Å². The third-order valence-electron chi connectivity index (χ3n) is 6.52. The minimum Gasteiger partial charge on any atom is -0.478 e. The molecule has 9 heteroatoms. The van der Waals surface area contributed by atoms with E-state index in [2.05, 4.69) is 4.98 Å². The van der Waals surface area contributed by atoms with Crippen molar-refractivity contribution in [3.05, 3.63) is 100 Å². The predicted molar refractivity (Wildman–Crippen MR) is 127 cm³/mol. The number of hydrogen-bond donors (Lipinski definition) is 1. The topological polar surface area (TPSA) is 75.4 Å². The molecule has 0 saturated heterocycles. The van der Waals surface area contributed by atoms with Crippen LogP contribution in [0.5, 0.6) is 0 Å². The van der Waals surface area contributed by atoms with Crippen molar-refractivity contribution in [2.75, 3.05) is 6.54 Å². The average Bonchev–Trinajstić information content (AvgIpc) is 3.17. The fourth-order valence-corrected chi connectivity index (χ4v) is 4.72. The monoisotopic (exact) mass is 493 g/mol. The van der Waals surface area contributed by atoms with Gasteiger partial charge in [-0.25, -0.2) is 9.78 Å². The molecule has 1 amide bonds. The van der Waals surface area contributed by atoms with Crippen LogP contribution in [0.1, 0.15) is 38.3 Å². The molecule has 0 spiro atoms. The fraction of sp³-hybridized carbons (Fsp3) is 0.222. The minimum atomic E-state index is -4.43. The quantitative estimate of drug-likeness (QED) is 0.428. The highest BCUT2D eigenvalue weighted by atomic mass is 19.4. The molecule has 0 unspecified atom stereocenters. The van der Waals surface area contributed by atoms with Gasteiger partial charge in [0.05, 0.1) is 24.1 Å². The van der Waals surface area contributed by atoms with Crippen LogP contribution in [0.25, 0.3) is 11.0 Å². The summed E-state index contributed by atoms with van der Waals surface area (Å²) in [4.78, 5) is 30.4. The van der Waals surface area contributed by atoms with Gasteiger partial charge < -0.3 is 14.6 Å². The molecule has 5 rings (SSSR count). The Morgan fingerprint density at radius 1 is 1.00 bits per heavy atom. The van der Waals surface area contributed by atoms with Gasteiger partial charge in [-0.3, -0.25) is 4.79 Å². The number of benzene rings is 2. The molecule has 6 nitrogen and oxygen atoms in total. The molecule has 4 aromatic rings. The number of amides is 1. The van der Waals surface area contributed by atoms with Crippen molar-refractivity contribution in [2.45, 2.75) is 32.1 Å². The van der Waals surface area contributed by atoms with Gasteiger partial charge in [-0.1, -0.05) is 24.3 Å². The van der Waals surface area contributed by atoms with Crippen LogP contribution in [-0.4, -0.2) is 38.0 Å². The van der Waals surface area contributed by atoms with E-state index in [0.717, 1.165) is 28.8 Å². The molecule has 0 bridgehead atoms. The zero-order valence-electron chi connectivity index (χ0n) is 19.1. The summed E-state index contributed by atoms with van der Waals surface area (Å²) in [5.74, 6) is -1.13. The van der Waals surface area contributed by atoms with E-state index in [0.29, 0.717) is 36.3 Å². The summed E-state index contributed by atoms with van der Waals surface area (Å²) in [6.07, 6.45) is -2.05. The number of nitrogens with zero attached hydrogens (tertiary/aromatic N) is 3. The maximum absolute atomic E-state index is 13.3. The Morgan fingerprint density at radius 2 is 1.78 bits per heavy atom. The van der Waals surface area contributed by atoms with Gasteiger partial charge in [0.15, 0.2) is 0 Å². The Kier molecular flexibility index (Phi) is 5.99. The van der Waals surface area contributed by atoms with Crippen LogP contribution in [0, 0.1) is 0 Å². The number of pyridine rings is 1. The van der Waals surface area contributed by atoms with Gasteiger partial charge in [0.1, 0.15) is 5.65 Å². The number of fused-ring (bicyclic) bond motifs is 3. The number of carboxylic acids is 1. The Bertz CT molecular complexity index is 1460. The molecule has 2 aromatic carbocycles. The Hall–Kier alpha value is -4.14. The lowest BCUT2D eigenvalue weighted by atomic mass is 10.0. The van der Waals surface area contributed by atoms with Gasteiger partial charge in [0.2, 0.25) is 5.91 Å². The third-order valence-corrected chi connectivity index (χ3v) is 6.52. The number of hydrogen-bond acceptors (Lipinski definition) is 3. The van der Waals surface area contributed by atoms with Crippen LogP contribution in [0.2, 0.25) is 0 Å². The van der Waals surface area contributed by atoms with Crippen LogP contribution in [0.4, 0.5) is 13.2 Å². The SMILES string of the molecule is O=C(O)c1ccc(CC(=O)N2CCc3c(n(Cc4cccc(C(F)(F)F)c4)c4ncccc34)C2)cc1. The molecule has 0 fully saturated rings. The molecule has 184 valence electrons. The van der Waals surface area contributed by atoms with Crippen LogP contribution < -0.4 is 0 Å². The maximum Gasteiger partial charge on any atom is 0.416 e. The second-order valence-electron chi connectivity index (χ2n) is 8.83. The summed E-state index contributed by atoms with van der Waals surface area (Å²) >= 11 is 0. The largest absolute Gasteiger partial charge is 0.478 e. The number of carbonyl (C=O) groups excluding carboxylic acids is 1. The average molecular weight is 493 g/mol. The predicted octanol–water partition coefficient (Wildman–Crippen LogP) is 4.93. The molecule has 0 aliphatic carbocycles. The lowest BCUT2D eigenvalue weighted by molar-refractivity contribution is -0.137. The summed E-state index contributed by atoms with van der Waals surface area (Å²) < 4.78 is 41.7. The van der Waals surface area contributed by atoms with E-state index in [1.807, 2.05) is 16.7 Å². The summed E-state index contributed by atoms with van der Waals surface area (Å²) in [7, 11) is 0. The number of aromatic carboxylic acids is 1. The van der Waals surface area contributed by atoms with Crippen LogP contribution in [0.3, 0.4) is 0 Å². The normalized spacial score (nSPS) is 13.6. The first-order valence-corrected chi connectivity index (χ1v) is 11.4. The van der Waals surface area contributed by atoms with Crippen molar-refractivity contribution in [3.8, 4) is 0 Å².